The quantitative estimate of drug-likeness (QED) is 0.653. The summed E-state index contributed by atoms with van der Waals surface area (Å²) in [6.45, 7) is 2.90. The molecule has 12 heavy (non-hydrogen) atoms. The van der Waals surface area contributed by atoms with E-state index >= 15 is 0 Å². The first-order valence-corrected chi connectivity index (χ1v) is 5.24. The molecule has 0 aliphatic carbocycles. The summed E-state index contributed by atoms with van der Waals surface area (Å²) in [6.07, 6.45) is 2.21. The van der Waals surface area contributed by atoms with Crippen LogP contribution in [0.3, 0.4) is 0 Å². The van der Waals surface area contributed by atoms with Crippen molar-refractivity contribution < 1.29 is 0 Å². The zero-order valence-electron chi connectivity index (χ0n) is 7.25. The molecule has 3 heteroatoms. The number of rotatable bonds is 6. The van der Waals surface area contributed by atoms with Gasteiger partial charge in [-0.2, -0.15) is 0 Å². The third kappa shape index (κ3) is 3.85. The first-order chi connectivity index (χ1) is 5.93. The molecule has 0 saturated heterocycles. The van der Waals surface area contributed by atoms with Gasteiger partial charge in [0.15, 0.2) is 0 Å². The molecule has 0 atom stereocenters. The molecule has 0 aliphatic heterocycles. The Bertz CT molecular complexity index is 184. The van der Waals surface area contributed by atoms with Gasteiger partial charge in [-0.15, -0.1) is 11.3 Å². The fraction of sp³-hybridized carbons (Fsp3) is 0.556. The summed E-state index contributed by atoms with van der Waals surface area (Å²) in [6, 6.07) is 4.27. The van der Waals surface area contributed by atoms with Crippen LogP contribution in [-0.2, 0) is 6.42 Å². The van der Waals surface area contributed by atoms with Crippen molar-refractivity contribution in [1.82, 2.24) is 5.32 Å². The zero-order valence-corrected chi connectivity index (χ0v) is 8.07. The van der Waals surface area contributed by atoms with Crippen LogP contribution in [0.25, 0.3) is 0 Å². The Morgan fingerprint density at radius 1 is 1.42 bits per heavy atom. The van der Waals surface area contributed by atoms with E-state index < -0.39 is 0 Å². The molecular weight excluding hydrogens is 168 g/mol. The van der Waals surface area contributed by atoms with E-state index in [1.807, 2.05) is 11.3 Å². The van der Waals surface area contributed by atoms with Crippen LogP contribution in [0.5, 0.6) is 0 Å². The number of hydrogen-bond donors (Lipinski definition) is 2. The summed E-state index contributed by atoms with van der Waals surface area (Å²) in [5, 5.41) is 5.47. The smallest absolute Gasteiger partial charge is 0.00578 e. The predicted octanol–water partition coefficient (Wildman–Crippen LogP) is 1.23. The highest BCUT2D eigenvalue weighted by molar-refractivity contribution is 7.09. The second kappa shape index (κ2) is 6.17. The van der Waals surface area contributed by atoms with E-state index in [4.69, 9.17) is 5.73 Å². The predicted molar refractivity (Wildman–Crippen MR) is 54.6 cm³/mol. The van der Waals surface area contributed by atoms with Gasteiger partial charge in [0.05, 0.1) is 0 Å². The molecular formula is C9H16N2S. The third-order valence-electron chi connectivity index (χ3n) is 1.69. The summed E-state index contributed by atoms with van der Waals surface area (Å²) in [4.78, 5) is 1.45. The van der Waals surface area contributed by atoms with E-state index in [1.54, 1.807) is 0 Å². The first kappa shape index (κ1) is 9.71. The maximum Gasteiger partial charge on any atom is 0.00578 e. The van der Waals surface area contributed by atoms with E-state index in [9.17, 15) is 0 Å². The van der Waals surface area contributed by atoms with Crippen molar-refractivity contribution in [3.8, 4) is 0 Å². The minimum absolute atomic E-state index is 0.784. The lowest BCUT2D eigenvalue weighted by Gasteiger charge is -2.01. The highest BCUT2D eigenvalue weighted by Gasteiger charge is 1.91. The Kier molecular flexibility index (Phi) is 4.99. The average molecular weight is 184 g/mol. The van der Waals surface area contributed by atoms with Gasteiger partial charge in [0, 0.05) is 4.88 Å². The van der Waals surface area contributed by atoms with Crippen molar-refractivity contribution in [2.75, 3.05) is 19.6 Å². The van der Waals surface area contributed by atoms with Gasteiger partial charge < -0.3 is 11.1 Å². The first-order valence-electron chi connectivity index (χ1n) is 4.36. The summed E-state index contributed by atoms with van der Waals surface area (Å²) < 4.78 is 0. The van der Waals surface area contributed by atoms with Crippen molar-refractivity contribution in [3.63, 3.8) is 0 Å². The van der Waals surface area contributed by atoms with Gasteiger partial charge in [0.1, 0.15) is 0 Å². The van der Waals surface area contributed by atoms with Gasteiger partial charge in [0.25, 0.3) is 0 Å². The molecule has 0 fully saturated rings. The lowest BCUT2D eigenvalue weighted by Crippen LogP contribution is -2.20. The van der Waals surface area contributed by atoms with Crippen molar-refractivity contribution in [2.45, 2.75) is 12.8 Å². The molecule has 0 aromatic carbocycles. The Hall–Kier alpha value is -0.380. The van der Waals surface area contributed by atoms with Gasteiger partial charge in [0.2, 0.25) is 0 Å². The number of nitrogens with two attached hydrogens (primary N) is 1. The van der Waals surface area contributed by atoms with Gasteiger partial charge >= 0.3 is 0 Å². The lowest BCUT2D eigenvalue weighted by atomic mass is 10.3. The minimum Gasteiger partial charge on any atom is -0.330 e. The molecule has 0 aliphatic rings. The van der Waals surface area contributed by atoms with Gasteiger partial charge in [-0.05, 0) is 43.9 Å². The Balaban J connectivity index is 1.96. The second-order valence-corrected chi connectivity index (χ2v) is 3.75. The molecule has 0 radical (unpaired) electrons. The summed E-state index contributed by atoms with van der Waals surface area (Å²) in [5.41, 5.74) is 5.37. The molecule has 0 unspecified atom stereocenters. The third-order valence-corrected chi connectivity index (χ3v) is 2.62. The molecule has 1 rings (SSSR count). The fourth-order valence-electron chi connectivity index (χ4n) is 1.02. The Morgan fingerprint density at radius 3 is 3.00 bits per heavy atom. The standard InChI is InChI=1S/C9H16N2S/c10-5-2-6-11-7-4-9-3-1-8-12-9/h1,3,8,11H,2,4-7,10H2. The van der Waals surface area contributed by atoms with E-state index in [0.717, 1.165) is 32.5 Å². The number of thiophene rings is 1. The molecule has 0 amide bonds. The minimum atomic E-state index is 0.784. The monoisotopic (exact) mass is 184 g/mol. The number of nitrogens with one attached hydrogen (secondary N) is 1. The van der Waals surface area contributed by atoms with Crippen LogP contribution in [-0.4, -0.2) is 19.6 Å². The lowest BCUT2D eigenvalue weighted by molar-refractivity contribution is 0.655. The fourth-order valence-corrected chi connectivity index (χ4v) is 1.73. The molecule has 0 spiro atoms. The number of hydrogen-bond acceptors (Lipinski definition) is 3. The highest BCUT2D eigenvalue weighted by atomic mass is 32.1. The normalized spacial score (nSPS) is 10.4. The summed E-state index contributed by atoms with van der Waals surface area (Å²) in [7, 11) is 0. The molecule has 1 aromatic rings. The van der Waals surface area contributed by atoms with Crippen LogP contribution in [0.4, 0.5) is 0 Å². The van der Waals surface area contributed by atoms with Crippen molar-refractivity contribution in [2.24, 2.45) is 5.73 Å². The Labute approximate surface area is 77.8 Å². The SMILES string of the molecule is NCCCNCCc1cccs1. The molecule has 1 heterocycles. The Morgan fingerprint density at radius 2 is 2.33 bits per heavy atom. The molecule has 0 saturated carbocycles. The second-order valence-electron chi connectivity index (χ2n) is 2.72. The van der Waals surface area contributed by atoms with Gasteiger partial charge in [-0.25, -0.2) is 0 Å². The van der Waals surface area contributed by atoms with Crippen LogP contribution in [0.15, 0.2) is 17.5 Å². The van der Waals surface area contributed by atoms with E-state index in [1.165, 1.54) is 4.88 Å². The van der Waals surface area contributed by atoms with E-state index in [-0.39, 0.29) is 0 Å². The van der Waals surface area contributed by atoms with Crippen molar-refractivity contribution >= 4 is 11.3 Å². The largest absolute Gasteiger partial charge is 0.330 e. The molecule has 2 nitrogen and oxygen atoms in total. The van der Waals surface area contributed by atoms with Crippen LogP contribution in [0.2, 0.25) is 0 Å². The molecule has 3 N–H and O–H groups in total. The highest BCUT2D eigenvalue weighted by Crippen LogP contribution is 2.07. The summed E-state index contributed by atoms with van der Waals surface area (Å²) in [5.74, 6) is 0. The molecule has 68 valence electrons. The van der Waals surface area contributed by atoms with E-state index in [0.29, 0.717) is 0 Å². The molecule has 1 aromatic heterocycles. The van der Waals surface area contributed by atoms with Crippen LogP contribution in [0, 0.1) is 0 Å². The van der Waals surface area contributed by atoms with Gasteiger partial charge in [-0.1, -0.05) is 6.07 Å². The van der Waals surface area contributed by atoms with Crippen LogP contribution >= 0.6 is 11.3 Å². The van der Waals surface area contributed by atoms with Crippen LogP contribution < -0.4 is 11.1 Å². The van der Waals surface area contributed by atoms with Crippen LogP contribution in [0.1, 0.15) is 11.3 Å². The average Bonchev–Trinajstić information content (AvgIpc) is 2.57. The zero-order chi connectivity index (χ0) is 8.65. The topological polar surface area (TPSA) is 38.0 Å². The summed E-state index contributed by atoms with van der Waals surface area (Å²) >= 11 is 1.82. The maximum atomic E-state index is 5.37. The van der Waals surface area contributed by atoms with Crippen molar-refractivity contribution in [3.05, 3.63) is 22.4 Å². The van der Waals surface area contributed by atoms with Crippen molar-refractivity contribution in [1.29, 1.82) is 0 Å². The maximum absolute atomic E-state index is 5.37. The van der Waals surface area contributed by atoms with E-state index in [2.05, 4.69) is 22.8 Å². The molecule has 0 bridgehead atoms. The van der Waals surface area contributed by atoms with Gasteiger partial charge in [-0.3, -0.25) is 0 Å².